The molecule has 0 spiro atoms. The lowest BCUT2D eigenvalue weighted by atomic mass is 10.0. The summed E-state index contributed by atoms with van der Waals surface area (Å²) >= 11 is 1.71. The van der Waals surface area contributed by atoms with Gasteiger partial charge >= 0.3 is 11.8 Å². The zero-order chi connectivity index (χ0) is 19.0. The van der Waals surface area contributed by atoms with Crippen LogP contribution in [0, 0.1) is 11.7 Å². The van der Waals surface area contributed by atoms with Crippen molar-refractivity contribution in [3.05, 3.63) is 41.3 Å². The van der Waals surface area contributed by atoms with Crippen molar-refractivity contribution in [2.75, 3.05) is 18.4 Å². The van der Waals surface area contributed by atoms with E-state index in [0.29, 0.717) is 30.5 Å². The van der Waals surface area contributed by atoms with E-state index in [1.807, 2.05) is 0 Å². The first-order valence-electron chi connectivity index (χ1n) is 9.07. The van der Waals surface area contributed by atoms with E-state index in [2.05, 4.69) is 17.3 Å². The van der Waals surface area contributed by atoms with Crippen LogP contribution in [-0.2, 0) is 21.1 Å². The molecular formula is C19H21FN4O2S. The van der Waals surface area contributed by atoms with Crippen molar-refractivity contribution in [2.24, 2.45) is 5.92 Å². The summed E-state index contributed by atoms with van der Waals surface area (Å²) in [6.07, 6.45) is 1.99. The second-order valence-electron chi connectivity index (χ2n) is 7.11. The number of amides is 2. The fraction of sp³-hybridized carbons (Fsp3) is 0.421. The van der Waals surface area contributed by atoms with E-state index in [0.717, 1.165) is 35.6 Å². The molecule has 1 aromatic carbocycles. The smallest absolute Gasteiger partial charge is 0.315 e. The van der Waals surface area contributed by atoms with Crippen molar-refractivity contribution in [1.29, 1.82) is 0 Å². The number of likely N-dealkylation sites (tertiary alicyclic amines) is 1. The maximum absolute atomic E-state index is 13.3. The largest absolute Gasteiger partial charge is 0.334 e. The number of benzene rings is 1. The molecule has 6 nitrogen and oxygen atoms in total. The molecule has 0 saturated carbocycles. The van der Waals surface area contributed by atoms with Gasteiger partial charge in [0.25, 0.3) is 0 Å². The molecule has 1 fully saturated rings. The number of hydrogen-bond acceptors (Lipinski definition) is 4. The molecule has 2 aliphatic rings. The number of rotatable bonds is 2. The molecule has 1 atom stereocenters. The first-order valence-corrected chi connectivity index (χ1v) is 10.2. The molecule has 2 aliphatic heterocycles. The van der Waals surface area contributed by atoms with Gasteiger partial charge in [0.15, 0.2) is 0 Å². The Morgan fingerprint density at radius 1 is 1.26 bits per heavy atom. The number of anilines is 1. The van der Waals surface area contributed by atoms with Crippen molar-refractivity contribution < 1.29 is 14.0 Å². The summed E-state index contributed by atoms with van der Waals surface area (Å²) in [5.74, 6) is 0.894. The van der Waals surface area contributed by atoms with Crippen molar-refractivity contribution in [1.82, 2.24) is 14.7 Å². The van der Waals surface area contributed by atoms with E-state index in [1.165, 1.54) is 12.1 Å². The third kappa shape index (κ3) is 3.58. The molecule has 0 bridgehead atoms. The van der Waals surface area contributed by atoms with Crippen LogP contribution in [0.2, 0.25) is 0 Å². The number of nitrogens with zero attached hydrogens (tertiary/aromatic N) is 3. The number of fused-ring (bicyclic) bond motifs is 1. The van der Waals surface area contributed by atoms with E-state index in [4.69, 9.17) is 0 Å². The lowest BCUT2D eigenvalue weighted by Crippen LogP contribution is -2.45. The maximum atomic E-state index is 13.3. The summed E-state index contributed by atoms with van der Waals surface area (Å²) in [6, 6.07) is 5.91. The molecule has 2 amide bonds. The van der Waals surface area contributed by atoms with E-state index in [-0.39, 0.29) is 5.82 Å². The number of thioether (sulfide) groups is 1. The van der Waals surface area contributed by atoms with Gasteiger partial charge in [-0.1, -0.05) is 6.92 Å². The standard InChI is InChI=1S/C19H21FN4O2S/c1-12-3-2-8-23(9-12)19(26)18(25)21-17-15-10-27-11-16(15)22-24(17)14-6-4-13(20)5-7-14/h4-7,12H,2-3,8-11H2,1H3,(H,21,25)/t12-/m1/s1. The fourth-order valence-corrected chi connectivity index (χ4v) is 4.62. The Bertz CT molecular complexity index is 881. The van der Waals surface area contributed by atoms with E-state index >= 15 is 0 Å². The maximum Gasteiger partial charge on any atom is 0.315 e. The SMILES string of the molecule is C[C@@H]1CCCN(C(=O)C(=O)Nc2c3c(nn2-c2ccc(F)cc2)CSC3)C1. The van der Waals surface area contributed by atoms with Crippen LogP contribution in [0.1, 0.15) is 31.0 Å². The first kappa shape index (κ1) is 18.0. The summed E-state index contributed by atoms with van der Waals surface area (Å²) in [6.45, 7) is 3.31. The van der Waals surface area contributed by atoms with Crippen LogP contribution in [-0.4, -0.2) is 39.6 Å². The van der Waals surface area contributed by atoms with Gasteiger partial charge < -0.3 is 10.2 Å². The van der Waals surface area contributed by atoms with Crippen LogP contribution in [0.15, 0.2) is 24.3 Å². The summed E-state index contributed by atoms with van der Waals surface area (Å²) in [5, 5.41) is 7.34. The average Bonchev–Trinajstić information content (AvgIpc) is 3.24. The lowest BCUT2D eigenvalue weighted by molar-refractivity contribution is -0.144. The first-order chi connectivity index (χ1) is 13.0. The number of carbonyl (C=O) groups is 2. The highest BCUT2D eigenvalue weighted by Crippen LogP contribution is 2.36. The second kappa shape index (κ2) is 7.34. The summed E-state index contributed by atoms with van der Waals surface area (Å²) < 4.78 is 14.9. The van der Waals surface area contributed by atoms with Crippen LogP contribution >= 0.6 is 11.8 Å². The normalized spacial score (nSPS) is 19.0. The number of nitrogens with one attached hydrogen (secondary N) is 1. The molecule has 1 saturated heterocycles. The van der Waals surface area contributed by atoms with Crippen LogP contribution in [0.4, 0.5) is 10.2 Å². The molecule has 4 rings (SSSR count). The minimum atomic E-state index is -0.646. The Kier molecular flexibility index (Phi) is 4.90. The van der Waals surface area contributed by atoms with E-state index in [1.54, 1.807) is 33.5 Å². The van der Waals surface area contributed by atoms with Gasteiger partial charge in [0.2, 0.25) is 0 Å². The lowest BCUT2D eigenvalue weighted by Gasteiger charge is -2.30. The molecule has 1 aromatic heterocycles. The minimum Gasteiger partial charge on any atom is -0.334 e. The molecule has 1 N–H and O–H groups in total. The van der Waals surface area contributed by atoms with Gasteiger partial charge in [0.1, 0.15) is 11.6 Å². The summed E-state index contributed by atoms with van der Waals surface area (Å²) in [7, 11) is 0. The Morgan fingerprint density at radius 3 is 2.78 bits per heavy atom. The highest BCUT2D eigenvalue weighted by Gasteiger charge is 2.30. The number of aromatic nitrogens is 2. The molecule has 2 aromatic rings. The molecule has 0 aliphatic carbocycles. The van der Waals surface area contributed by atoms with Gasteiger partial charge in [0.05, 0.1) is 11.4 Å². The van der Waals surface area contributed by atoms with Crippen LogP contribution in [0.3, 0.4) is 0 Å². The molecular weight excluding hydrogens is 367 g/mol. The number of halogens is 1. The van der Waals surface area contributed by atoms with Gasteiger partial charge in [-0.3, -0.25) is 9.59 Å². The van der Waals surface area contributed by atoms with Crippen LogP contribution in [0.5, 0.6) is 0 Å². The van der Waals surface area contributed by atoms with E-state index in [9.17, 15) is 14.0 Å². The third-order valence-corrected chi connectivity index (χ3v) is 5.96. The van der Waals surface area contributed by atoms with Crippen LogP contribution < -0.4 is 5.32 Å². The highest BCUT2D eigenvalue weighted by molar-refractivity contribution is 7.98. The summed E-state index contributed by atoms with van der Waals surface area (Å²) in [4.78, 5) is 26.9. The molecule has 142 valence electrons. The molecule has 3 heterocycles. The van der Waals surface area contributed by atoms with Crippen molar-refractivity contribution in [3.8, 4) is 5.69 Å². The Hall–Kier alpha value is -2.35. The van der Waals surface area contributed by atoms with Gasteiger partial charge in [0, 0.05) is 30.2 Å². The minimum absolute atomic E-state index is 0.339. The highest BCUT2D eigenvalue weighted by atomic mass is 32.2. The third-order valence-electron chi connectivity index (χ3n) is 4.99. The topological polar surface area (TPSA) is 67.2 Å². The van der Waals surface area contributed by atoms with Crippen molar-refractivity contribution in [3.63, 3.8) is 0 Å². The van der Waals surface area contributed by atoms with Crippen molar-refractivity contribution in [2.45, 2.75) is 31.3 Å². The quantitative estimate of drug-likeness (QED) is 0.804. The van der Waals surface area contributed by atoms with Gasteiger partial charge in [-0.05, 0) is 43.0 Å². The average molecular weight is 388 g/mol. The Labute approximate surface area is 161 Å². The van der Waals surface area contributed by atoms with Crippen molar-refractivity contribution >= 4 is 29.4 Å². The zero-order valence-corrected chi connectivity index (χ0v) is 15.9. The molecule has 27 heavy (non-hydrogen) atoms. The second-order valence-corrected chi connectivity index (χ2v) is 8.09. The molecule has 0 radical (unpaired) electrons. The molecule has 8 heteroatoms. The van der Waals surface area contributed by atoms with Crippen LogP contribution in [0.25, 0.3) is 5.69 Å². The monoisotopic (exact) mass is 388 g/mol. The number of carbonyl (C=O) groups excluding carboxylic acids is 2. The number of hydrogen-bond donors (Lipinski definition) is 1. The van der Waals surface area contributed by atoms with Gasteiger partial charge in [-0.25, -0.2) is 9.07 Å². The number of piperidine rings is 1. The predicted molar refractivity (Wildman–Crippen MR) is 102 cm³/mol. The Balaban J connectivity index is 1.60. The van der Waals surface area contributed by atoms with Gasteiger partial charge in [-0.15, -0.1) is 0 Å². The zero-order valence-electron chi connectivity index (χ0n) is 15.1. The van der Waals surface area contributed by atoms with Gasteiger partial charge in [-0.2, -0.15) is 16.9 Å². The predicted octanol–water partition coefficient (Wildman–Crippen LogP) is 2.96. The summed E-state index contributed by atoms with van der Waals surface area (Å²) in [5.41, 5.74) is 2.46. The Morgan fingerprint density at radius 2 is 2.04 bits per heavy atom. The fourth-order valence-electron chi connectivity index (χ4n) is 3.59. The molecule has 0 unspecified atom stereocenters. The van der Waals surface area contributed by atoms with E-state index < -0.39 is 11.8 Å².